The van der Waals surface area contributed by atoms with Gasteiger partial charge in [0.05, 0.1) is 0 Å². The average Bonchev–Trinajstić information content (AvgIpc) is 2.83. The van der Waals surface area contributed by atoms with Crippen LogP contribution < -0.4 is 0 Å². The Balaban J connectivity index is 2.12. The average molecular weight is 303 g/mol. The van der Waals surface area contributed by atoms with E-state index in [0.29, 0.717) is 30.9 Å². The molecule has 1 saturated heterocycles. The molecule has 2 rings (SSSR count). The van der Waals surface area contributed by atoms with Crippen molar-refractivity contribution >= 4 is 11.9 Å². The Morgan fingerprint density at radius 2 is 1.90 bits per heavy atom. The van der Waals surface area contributed by atoms with E-state index in [1.54, 1.807) is 0 Å². The van der Waals surface area contributed by atoms with Crippen LogP contribution in [0.3, 0.4) is 0 Å². The number of hydrogen-bond donors (Lipinski definition) is 1. The third kappa shape index (κ3) is 3.32. The molecule has 0 atom stereocenters. The van der Waals surface area contributed by atoms with Crippen molar-refractivity contribution in [2.75, 3.05) is 33.2 Å². The molecule has 1 aromatic heterocycles. The number of piperazine rings is 1. The molecule has 0 spiro atoms. The van der Waals surface area contributed by atoms with Crippen LogP contribution in [0.2, 0.25) is 0 Å². The molecule has 0 aliphatic carbocycles. The quantitative estimate of drug-likeness (QED) is 0.820. The summed E-state index contributed by atoms with van der Waals surface area (Å²) in [6, 6.07) is 0. The Labute approximate surface area is 118 Å². The van der Waals surface area contributed by atoms with Gasteiger partial charge < -0.3 is 14.9 Å². The van der Waals surface area contributed by atoms with Gasteiger partial charge in [-0.2, -0.15) is 0 Å². The van der Waals surface area contributed by atoms with Crippen LogP contribution in [0.5, 0.6) is 0 Å². The maximum Gasteiger partial charge on any atom is 0.358 e. The van der Waals surface area contributed by atoms with E-state index in [1.165, 1.54) is 4.90 Å². The second kappa shape index (κ2) is 6.12. The van der Waals surface area contributed by atoms with Gasteiger partial charge in [-0.05, 0) is 7.05 Å². The van der Waals surface area contributed by atoms with Crippen LogP contribution in [-0.2, 0) is 11.3 Å². The Hall–Kier alpha value is -2.10. The number of nitrogens with zero attached hydrogens (tertiary/aromatic N) is 5. The van der Waals surface area contributed by atoms with E-state index in [9.17, 15) is 18.4 Å². The predicted octanol–water partition coefficient (Wildman–Crippen LogP) is -0.312. The summed E-state index contributed by atoms with van der Waals surface area (Å²) in [4.78, 5) is 26.5. The molecule has 21 heavy (non-hydrogen) atoms. The molecule has 0 saturated carbocycles. The van der Waals surface area contributed by atoms with Crippen LogP contribution in [0.25, 0.3) is 0 Å². The van der Waals surface area contributed by atoms with E-state index in [-0.39, 0.29) is 5.91 Å². The smallest absolute Gasteiger partial charge is 0.358 e. The lowest BCUT2D eigenvalue weighted by Gasteiger charge is -2.32. The third-order valence-electron chi connectivity index (χ3n) is 3.32. The third-order valence-corrected chi connectivity index (χ3v) is 3.32. The molecule has 10 heteroatoms. The van der Waals surface area contributed by atoms with Crippen molar-refractivity contribution in [2.45, 2.75) is 13.0 Å². The zero-order valence-corrected chi connectivity index (χ0v) is 11.4. The minimum absolute atomic E-state index is 0.383. The molecule has 0 aromatic carbocycles. The number of hydrogen-bond acceptors (Lipinski definition) is 5. The fourth-order valence-corrected chi connectivity index (χ4v) is 2.09. The standard InChI is InChI=1S/C11H15F2N5O3/c1-16-2-4-17(5-3-16)7(19)6-18-9(10(12)13)8(11(20)21)14-15-18/h10H,2-6H2,1H3,(H,20,21). The van der Waals surface area contributed by atoms with E-state index >= 15 is 0 Å². The van der Waals surface area contributed by atoms with Crippen molar-refractivity contribution in [3.05, 3.63) is 11.4 Å². The van der Waals surface area contributed by atoms with Gasteiger partial charge in [0, 0.05) is 26.2 Å². The van der Waals surface area contributed by atoms with Crippen LogP contribution in [0.4, 0.5) is 8.78 Å². The highest BCUT2D eigenvalue weighted by Crippen LogP contribution is 2.21. The van der Waals surface area contributed by atoms with Crippen LogP contribution in [0, 0.1) is 0 Å². The molecule has 1 aromatic rings. The van der Waals surface area contributed by atoms with Crippen molar-refractivity contribution in [1.82, 2.24) is 24.8 Å². The highest BCUT2D eigenvalue weighted by atomic mass is 19.3. The van der Waals surface area contributed by atoms with Crippen molar-refractivity contribution in [3.63, 3.8) is 0 Å². The molecule has 0 unspecified atom stereocenters. The number of carbonyl (C=O) groups is 2. The monoisotopic (exact) mass is 303 g/mol. The molecular formula is C11H15F2N5O3. The number of carboxylic acid groups (broad SMARTS) is 1. The highest BCUT2D eigenvalue weighted by Gasteiger charge is 2.28. The number of aromatic nitrogens is 3. The largest absolute Gasteiger partial charge is 0.476 e. The normalized spacial score (nSPS) is 16.5. The maximum absolute atomic E-state index is 12.9. The van der Waals surface area contributed by atoms with Crippen LogP contribution in [0.1, 0.15) is 22.6 Å². The summed E-state index contributed by atoms with van der Waals surface area (Å²) in [6.45, 7) is 1.96. The summed E-state index contributed by atoms with van der Waals surface area (Å²) in [6.07, 6.45) is -3.06. The number of aromatic carboxylic acids is 1. The summed E-state index contributed by atoms with van der Waals surface area (Å²) < 4.78 is 26.5. The second-order valence-electron chi connectivity index (χ2n) is 4.77. The lowest BCUT2D eigenvalue weighted by molar-refractivity contribution is -0.133. The van der Waals surface area contributed by atoms with Crippen molar-refractivity contribution in [1.29, 1.82) is 0 Å². The molecule has 8 nitrogen and oxygen atoms in total. The maximum atomic E-state index is 12.9. The highest BCUT2D eigenvalue weighted by molar-refractivity contribution is 5.86. The number of halogens is 2. The molecule has 0 radical (unpaired) electrons. The van der Waals surface area contributed by atoms with Gasteiger partial charge in [-0.1, -0.05) is 5.21 Å². The Morgan fingerprint density at radius 3 is 2.43 bits per heavy atom. The SMILES string of the molecule is CN1CCN(C(=O)Cn2nnc(C(=O)O)c2C(F)F)CC1. The molecule has 116 valence electrons. The number of carbonyl (C=O) groups excluding carboxylic acids is 1. The lowest BCUT2D eigenvalue weighted by atomic mass is 10.3. The number of amides is 1. The lowest BCUT2D eigenvalue weighted by Crippen LogP contribution is -2.48. The zero-order valence-electron chi connectivity index (χ0n) is 11.4. The molecule has 1 fully saturated rings. The predicted molar refractivity (Wildman–Crippen MR) is 66.0 cm³/mol. The van der Waals surface area contributed by atoms with Gasteiger partial charge in [0.1, 0.15) is 12.2 Å². The van der Waals surface area contributed by atoms with Gasteiger partial charge in [-0.15, -0.1) is 5.10 Å². The topological polar surface area (TPSA) is 91.6 Å². The van der Waals surface area contributed by atoms with E-state index in [4.69, 9.17) is 5.11 Å². The first kappa shape index (κ1) is 15.3. The Bertz CT molecular complexity index is 540. The van der Waals surface area contributed by atoms with Crippen LogP contribution >= 0.6 is 0 Å². The molecule has 1 N–H and O–H groups in total. The van der Waals surface area contributed by atoms with Gasteiger partial charge in [0.2, 0.25) is 5.91 Å². The van der Waals surface area contributed by atoms with Gasteiger partial charge in [-0.3, -0.25) is 4.79 Å². The summed E-state index contributed by atoms with van der Waals surface area (Å²) in [5.41, 5.74) is -1.67. The summed E-state index contributed by atoms with van der Waals surface area (Å²) >= 11 is 0. The molecule has 2 heterocycles. The van der Waals surface area contributed by atoms with Gasteiger partial charge in [0.25, 0.3) is 6.43 Å². The minimum Gasteiger partial charge on any atom is -0.476 e. The zero-order chi connectivity index (χ0) is 15.6. The molecular weight excluding hydrogens is 288 g/mol. The van der Waals surface area contributed by atoms with Crippen molar-refractivity contribution < 1.29 is 23.5 Å². The Kier molecular flexibility index (Phi) is 4.46. The first-order valence-electron chi connectivity index (χ1n) is 6.31. The van der Waals surface area contributed by atoms with Crippen molar-refractivity contribution in [2.24, 2.45) is 0 Å². The van der Waals surface area contributed by atoms with Gasteiger partial charge >= 0.3 is 5.97 Å². The summed E-state index contributed by atoms with van der Waals surface area (Å²) in [5, 5.41) is 15.3. The van der Waals surface area contributed by atoms with Crippen molar-refractivity contribution in [3.8, 4) is 0 Å². The number of rotatable bonds is 4. The number of likely N-dealkylation sites (N-methyl/N-ethyl adjacent to an activating group) is 1. The van der Waals surface area contributed by atoms with E-state index in [2.05, 4.69) is 10.3 Å². The fourth-order valence-electron chi connectivity index (χ4n) is 2.09. The van der Waals surface area contributed by atoms with E-state index < -0.39 is 30.3 Å². The van der Waals surface area contributed by atoms with Crippen LogP contribution in [0.15, 0.2) is 0 Å². The fraction of sp³-hybridized carbons (Fsp3) is 0.636. The Morgan fingerprint density at radius 1 is 1.29 bits per heavy atom. The molecule has 1 aliphatic rings. The minimum atomic E-state index is -3.06. The van der Waals surface area contributed by atoms with E-state index in [0.717, 1.165) is 0 Å². The number of alkyl halides is 2. The van der Waals surface area contributed by atoms with Gasteiger partial charge in [0.15, 0.2) is 5.69 Å². The second-order valence-corrected chi connectivity index (χ2v) is 4.77. The first-order valence-corrected chi connectivity index (χ1v) is 6.31. The summed E-state index contributed by atoms with van der Waals surface area (Å²) in [5.74, 6) is -1.98. The summed E-state index contributed by atoms with van der Waals surface area (Å²) in [7, 11) is 1.92. The molecule has 1 amide bonds. The molecule has 1 aliphatic heterocycles. The van der Waals surface area contributed by atoms with Crippen LogP contribution in [-0.4, -0.2) is 75.0 Å². The van der Waals surface area contributed by atoms with Gasteiger partial charge in [-0.25, -0.2) is 18.3 Å². The molecule has 0 bridgehead atoms. The van der Waals surface area contributed by atoms with E-state index in [1.807, 2.05) is 11.9 Å². The number of carboxylic acids is 1. The first-order chi connectivity index (χ1) is 9.90.